The molecule has 0 radical (unpaired) electrons. The molecule has 0 aliphatic carbocycles. The van der Waals surface area contributed by atoms with Gasteiger partial charge in [0.1, 0.15) is 0 Å². The zero-order valence-corrected chi connectivity index (χ0v) is 8.92. The Bertz CT molecular complexity index is 524. The van der Waals surface area contributed by atoms with Gasteiger partial charge >= 0.3 is 5.97 Å². The van der Waals surface area contributed by atoms with Crippen LogP contribution in [0.15, 0.2) is 30.7 Å². The van der Waals surface area contributed by atoms with E-state index >= 15 is 0 Å². The maximum absolute atomic E-state index is 10.9. The molecular weight excluding hydrogens is 230 g/mol. The number of aromatic carboxylic acids is 1. The smallest absolute Gasteiger partial charge is 0.354 e. The molecule has 0 saturated heterocycles. The van der Waals surface area contributed by atoms with E-state index in [-0.39, 0.29) is 5.69 Å². The molecule has 0 saturated carbocycles. The predicted molar refractivity (Wildman–Crippen MR) is 57.5 cm³/mol. The number of pyridine rings is 1. The highest BCUT2D eigenvalue weighted by Crippen LogP contribution is 2.10. The monoisotopic (exact) mass is 237 g/mol. The van der Waals surface area contributed by atoms with Gasteiger partial charge in [-0.05, 0) is 6.07 Å². The number of aromatic nitrogens is 3. The van der Waals surface area contributed by atoms with E-state index < -0.39 is 5.97 Å². The third kappa shape index (κ3) is 2.20. The Morgan fingerprint density at radius 1 is 1.56 bits per heavy atom. The lowest BCUT2D eigenvalue weighted by Gasteiger charge is -2.04. The largest absolute Gasteiger partial charge is 0.477 e. The molecule has 5 nitrogen and oxygen atoms in total. The number of carboxylic acids is 1. The molecule has 0 unspecified atom stereocenters. The van der Waals surface area contributed by atoms with Gasteiger partial charge in [0, 0.05) is 18.0 Å². The molecule has 0 aliphatic rings. The van der Waals surface area contributed by atoms with Crippen molar-refractivity contribution in [3.8, 4) is 0 Å². The van der Waals surface area contributed by atoms with Crippen LogP contribution < -0.4 is 0 Å². The molecule has 0 amide bonds. The lowest BCUT2D eigenvalue weighted by Crippen LogP contribution is -2.09. The van der Waals surface area contributed by atoms with Crippen LogP contribution in [0.5, 0.6) is 0 Å². The van der Waals surface area contributed by atoms with E-state index in [1.165, 1.54) is 12.4 Å². The highest BCUT2D eigenvalue weighted by molar-refractivity contribution is 6.30. The van der Waals surface area contributed by atoms with Crippen molar-refractivity contribution < 1.29 is 9.90 Å². The first-order chi connectivity index (χ1) is 7.66. The Morgan fingerprint density at radius 3 is 3.00 bits per heavy atom. The van der Waals surface area contributed by atoms with E-state index in [4.69, 9.17) is 16.7 Å². The van der Waals surface area contributed by atoms with Gasteiger partial charge in [0.25, 0.3) is 0 Å². The van der Waals surface area contributed by atoms with E-state index in [0.717, 1.165) is 0 Å². The first-order valence-electron chi connectivity index (χ1n) is 4.52. The summed E-state index contributed by atoms with van der Waals surface area (Å²) >= 11 is 5.71. The van der Waals surface area contributed by atoms with Crippen LogP contribution in [0.25, 0.3) is 0 Å². The fourth-order valence-electron chi connectivity index (χ4n) is 1.36. The summed E-state index contributed by atoms with van der Waals surface area (Å²) in [7, 11) is 0. The van der Waals surface area contributed by atoms with Crippen molar-refractivity contribution in [1.82, 2.24) is 14.8 Å². The van der Waals surface area contributed by atoms with Crippen LogP contribution in [0.3, 0.4) is 0 Å². The van der Waals surface area contributed by atoms with E-state index in [9.17, 15) is 4.79 Å². The molecule has 6 heteroatoms. The van der Waals surface area contributed by atoms with E-state index in [1.54, 1.807) is 23.0 Å². The van der Waals surface area contributed by atoms with Gasteiger partial charge in [0.15, 0.2) is 5.69 Å². The molecule has 0 fully saturated rings. The summed E-state index contributed by atoms with van der Waals surface area (Å²) in [6.45, 7) is 0.336. The lowest BCUT2D eigenvalue weighted by atomic mass is 10.2. The molecule has 0 aromatic carbocycles. The zero-order chi connectivity index (χ0) is 11.5. The van der Waals surface area contributed by atoms with Crippen molar-refractivity contribution in [2.24, 2.45) is 0 Å². The third-order valence-electron chi connectivity index (χ3n) is 2.03. The average Bonchev–Trinajstić information content (AvgIpc) is 2.64. The zero-order valence-electron chi connectivity index (χ0n) is 8.17. The third-order valence-corrected chi connectivity index (χ3v) is 2.22. The molecule has 0 aliphatic heterocycles. The minimum Gasteiger partial charge on any atom is -0.477 e. The summed E-state index contributed by atoms with van der Waals surface area (Å²) in [6.07, 6.45) is 4.57. The minimum atomic E-state index is -1.05. The van der Waals surface area contributed by atoms with Crippen LogP contribution in [-0.2, 0) is 6.54 Å². The van der Waals surface area contributed by atoms with Crippen molar-refractivity contribution >= 4 is 17.6 Å². The summed E-state index contributed by atoms with van der Waals surface area (Å²) in [5.41, 5.74) is 0.629. The molecule has 1 N–H and O–H groups in total. The van der Waals surface area contributed by atoms with Gasteiger partial charge in [-0.1, -0.05) is 17.7 Å². The summed E-state index contributed by atoms with van der Waals surface area (Å²) in [5, 5.41) is 13.4. The summed E-state index contributed by atoms with van der Waals surface area (Å²) in [5.74, 6) is -1.05. The Labute approximate surface area is 96.3 Å². The number of halogens is 1. The maximum atomic E-state index is 10.9. The molecule has 82 valence electrons. The summed E-state index contributed by atoms with van der Waals surface area (Å²) in [4.78, 5) is 14.7. The van der Waals surface area contributed by atoms with Gasteiger partial charge in [-0.15, -0.1) is 0 Å². The van der Waals surface area contributed by atoms with E-state index in [1.807, 2.05) is 0 Å². The molecular formula is C10H8ClN3O2. The van der Waals surface area contributed by atoms with Gasteiger partial charge in [-0.25, -0.2) is 9.78 Å². The number of carbonyl (C=O) groups is 1. The van der Waals surface area contributed by atoms with Crippen molar-refractivity contribution in [3.63, 3.8) is 0 Å². The molecule has 2 heterocycles. The molecule has 2 rings (SSSR count). The Kier molecular flexibility index (Phi) is 2.87. The molecule has 0 spiro atoms. The minimum absolute atomic E-state index is 0.0362. The number of hydrogen-bond acceptors (Lipinski definition) is 3. The highest BCUT2D eigenvalue weighted by atomic mass is 35.5. The van der Waals surface area contributed by atoms with Crippen LogP contribution in [0.4, 0.5) is 0 Å². The highest BCUT2D eigenvalue weighted by Gasteiger charge is 2.11. The number of nitrogens with zero attached hydrogens (tertiary/aromatic N) is 3. The van der Waals surface area contributed by atoms with E-state index in [0.29, 0.717) is 17.1 Å². The topological polar surface area (TPSA) is 68.0 Å². The first kappa shape index (κ1) is 10.6. The van der Waals surface area contributed by atoms with Crippen LogP contribution in [0.2, 0.25) is 5.02 Å². The fourth-order valence-corrected chi connectivity index (χ4v) is 1.51. The number of rotatable bonds is 3. The van der Waals surface area contributed by atoms with Gasteiger partial charge in [-0.2, -0.15) is 5.10 Å². The number of hydrogen-bond donors (Lipinski definition) is 1. The second kappa shape index (κ2) is 4.32. The standard InChI is InChI=1S/C10H8ClN3O2/c11-8-4-13-14(6-8)5-7-2-1-3-12-9(7)10(15)16/h1-4,6H,5H2,(H,15,16). The second-order valence-electron chi connectivity index (χ2n) is 3.17. The van der Waals surface area contributed by atoms with Gasteiger partial charge in [-0.3, -0.25) is 4.68 Å². The second-order valence-corrected chi connectivity index (χ2v) is 3.61. The molecule has 2 aromatic heterocycles. The molecule has 16 heavy (non-hydrogen) atoms. The Hall–Kier alpha value is -1.88. The van der Waals surface area contributed by atoms with Crippen LogP contribution in [0.1, 0.15) is 16.1 Å². The molecule has 0 atom stereocenters. The predicted octanol–water partition coefficient (Wildman–Crippen LogP) is 1.68. The Balaban J connectivity index is 2.31. The molecule has 2 aromatic rings. The maximum Gasteiger partial charge on any atom is 0.354 e. The quantitative estimate of drug-likeness (QED) is 0.882. The van der Waals surface area contributed by atoms with Crippen LogP contribution >= 0.6 is 11.6 Å². The van der Waals surface area contributed by atoms with Crippen LogP contribution in [-0.4, -0.2) is 25.8 Å². The van der Waals surface area contributed by atoms with E-state index in [2.05, 4.69) is 10.1 Å². The van der Waals surface area contributed by atoms with Crippen molar-refractivity contribution in [1.29, 1.82) is 0 Å². The first-order valence-corrected chi connectivity index (χ1v) is 4.90. The average molecular weight is 238 g/mol. The van der Waals surface area contributed by atoms with Gasteiger partial charge in [0.2, 0.25) is 0 Å². The SMILES string of the molecule is O=C(O)c1ncccc1Cn1cc(Cl)cn1. The van der Waals surface area contributed by atoms with Gasteiger partial charge in [0.05, 0.1) is 17.8 Å². The fraction of sp³-hybridized carbons (Fsp3) is 0.100. The lowest BCUT2D eigenvalue weighted by molar-refractivity contribution is 0.0689. The van der Waals surface area contributed by atoms with Gasteiger partial charge < -0.3 is 5.11 Å². The number of carboxylic acid groups (broad SMARTS) is 1. The Morgan fingerprint density at radius 2 is 2.38 bits per heavy atom. The van der Waals surface area contributed by atoms with Crippen molar-refractivity contribution in [2.45, 2.75) is 6.54 Å². The van der Waals surface area contributed by atoms with Crippen molar-refractivity contribution in [3.05, 3.63) is 47.0 Å². The summed E-state index contributed by atoms with van der Waals surface area (Å²) < 4.78 is 1.56. The molecule has 0 bridgehead atoms. The van der Waals surface area contributed by atoms with Crippen LogP contribution in [0, 0.1) is 0 Å². The summed E-state index contributed by atoms with van der Waals surface area (Å²) in [6, 6.07) is 3.39. The normalized spacial score (nSPS) is 10.3. The van der Waals surface area contributed by atoms with Crippen molar-refractivity contribution in [2.75, 3.05) is 0 Å².